The normalized spacial score (nSPS) is 21.4. The minimum atomic E-state index is -4.26. The summed E-state index contributed by atoms with van der Waals surface area (Å²) in [6.07, 6.45) is -0.276. The second kappa shape index (κ2) is 13.8. The zero-order valence-corrected chi connectivity index (χ0v) is 28.8. The van der Waals surface area contributed by atoms with Crippen molar-refractivity contribution in [2.45, 2.75) is 77.4 Å². The standard InChI is InChI=1S/C33H41F3N8OS2/c1-21-17-42(18-22(2)44(21)47(4)45)11-12-43-26(16-37)13-28-23(3)24(5-6-30(28)43)19-41-9-7-25(8-10-41)40-31-29-14-27(15-33(34,35)36)46-32(29)39-20-38-31/h5-6,13-14,20-22,25H,7-12,15,17-19H2,1-4H3,(H,38,39,40)/t21-,22-,47?/m0/s1. The fraction of sp³-hybridized carbons (Fsp3) is 0.545. The molecule has 2 fully saturated rings. The number of nitriles is 1. The third-order valence-electron chi connectivity index (χ3n) is 9.51. The molecule has 2 saturated heterocycles. The number of fused-ring (bicyclic) bond motifs is 2. The van der Waals surface area contributed by atoms with Crippen LogP contribution in [0.3, 0.4) is 0 Å². The monoisotopic (exact) mass is 686 g/mol. The van der Waals surface area contributed by atoms with Gasteiger partial charge in [0.2, 0.25) is 0 Å². The van der Waals surface area contributed by atoms with Crippen LogP contribution < -0.4 is 5.32 Å². The lowest BCUT2D eigenvalue weighted by molar-refractivity contribution is -0.126. The lowest BCUT2D eigenvalue weighted by atomic mass is 10.0. The highest BCUT2D eigenvalue weighted by molar-refractivity contribution is 7.81. The Labute approximate surface area is 280 Å². The molecular formula is C33H41F3N8OS2. The van der Waals surface area contributed by atoms with Crippen LogP contribution in [0.5, 0.6) is 0 Å². The molecule has 4 aromatic rings. The van der Waals surface area contributed by atoms with Crippen molar-refractivity contribution < 1.29 is 17.4 Å². The number of halogens is 3. The molecule has 47 heavy (non-hydrogen) atoms. The summed E-state index contributed by atoms with van der Waals surface area (Å²) in [6, 6.07) is 10.9. The number of benzene rings is 1. The number of rotatable bonds is 9. The predicted molar refractivity (Wildman–Crippen MR) is 182 cm³/mol. The first kappa shape index (κ1) is 33.8. The molecule has 0 aliphatic carbocycles. The van der Waals surface area contributed by atoms with Crippen molar-refractivity contribution in [3.05, 3.63) is 52.3 Å². The van der Waals surface area contributed by atoms with Crippen molar-refractivity contribution in [2.75, 3.05) is 44.3 Å². The van der Waals surface area contributed by atoms with Crippen LogP contribution >= 0.6 is 11.3 Å². The number of nitrogens with zero attached hydrogens (tertiary/aromatic N) is 7. The van der Waals surface area contributed by atoms with E-state index in [2.05, 4.69) is 72.9 Å². The van der Waals surface area contributed by atoms with Crippen molar-refractivity contribution in [2.24, 2.45) is 0 Å². The average molecular weight is 687 g/mol. The van der Waals surface area contributed by atoms with Crippen LogP contribution in [-0.4, -0.2) is 96.1 Å². The van der Waals surface area contributed by atoms with Gasteiger partial charge >= 0.3 is 6.18 Å². The Hall–Kier alpha value is -3.09. The van der Waals surface area contributed by atoms with Gasteiger partial charge in [-0.05, 0) is 62.9 Å². The first-order valence-corrected chi connectivity index (χ1v) is 18.4. The third-order valence-corrected chi connectivity index (χ3v) is 11.9. The van der Waals surface area contributed by atoms with Crippen LogP contribution in [-0.2, 0) is 30.5 Å². The number of piperazine rings is 1. The summed E-state index contributed by atoms with van der Waals surface area (Å²) in [6.45, 7) is 12.2. The van der Waals surface area contributed by atoms with E-state index in [1.807, 2.05) is 6.07 Å². The van der Waals surface area contributed by atoms with E-state index in [1.54, 1.807) is 12.3 Å². The fourth-order valence-corrected chi connectivity index (χ4v) is 9.52. The molecule has 0 spiro atoms. The van der Waals surface area contributed by atoms with E-state index in [1.165, 1.54) is 17.5 Å². The fourth-order valence-electron chi connectivity index (χ4n) is 7.35. The molecule has 9 nitrogen and oxygen atoms in total. The number of hydrogen-bond acceptors (Lipinski definition) is 8. The van der Waals surface area contributed by atoms with Gasteiger partial charge in [-0.3, -0.25) is 9.80 Å². The van der Waals surface area contributed by atoms with E-state index in [-0.39, 0.29) is 23.0 Å². The van der Waals surface area contributed by atoms with E-state index < -0.39 is 23.6 Å². The van der Waals surface area contributed by atoms with Gasteiger partial charge in [0.15, 0.2) is 0 Å². The van der Waals surface area contributed by atoms with Crippen LogP contribution in [0.15, 0.2) is 30.6 Å². The Kier molecular flexibility index (Phi) is 9.92. The van der Waals surface area contributed by atoms with Crippen LogP contribution in [0.2, 0.25) is 0 Å². The molecule has 3 atom stereocenters. The summed E-state index contributed by atoms with van der Waals surface area (Å²) in [5, 5.41) is 15.2. The smallest absolute Gasteiger partial charge is 0.367 e. The molecule has 0 bridgehead atoms. The second-order valence-corrected chi connectivity index (χ2v) is 15.3. The molecule has 2 aliphatic heterocycles. The quantitative estimate of drug-likeness (QED) is 0.242. The van der Waals surface area contributed by atoms with Gasteiger partial charge in [-0.15, -0.1) is 11.3 Å². The molecule has 1 N–H and O–H groups in total. The number of anilines is 1. The summed E-state index contributed by atoms with van der Waals surface area (Å²) in [7, 11) is -0.991. The molecule has 3 aromatic heterocycles. The predicted octanol–water partition coefficient (Wildman–Crippen LogP) is 5.70. The number of aryl methyl sites for hydroxylation is 1. The molecule has 252 valence electrons. The van der Waals surface area contributed by atoms with Crippen LogP contribution in [0.1, 0.15) is 48.4 Å². The topological polar surface area (TPSA) is 93.3 Å². The molecule has 2 aliphatic rings. The Morgan fingerprint density at radius 3 is 2.45 bits per heavy atom. The maximum Gasteiger partial charge on any atom is 0.393 e. The number of hydrogen-bond donors (Lipinski definition) is 1. The molecule has 1 aromatic carbocycles. The van der Waals surface area contributed by atoms with Crippen LogP contribution in [0.25, 0.3) is 21.1 Å². The number of likely N-dealkylation sites (tertiary alicyclic amines) is 1. The van der Waals surface area contributed by atoms with E-state index in [4.69, 9.17) is 0 Å². The summed E-state index contributed by atoms with van der Waals surface area (Å²) < 4.78 is 55.2. The van der Waals surface area contributed by atoms with Crippen molar-refractivity contribution in [3.8, 4) is 6.07 Å². The summed E-state index contributed by atoms with van der Waals surface area (Å²) in [5.41, 5.74) is 4.17. The van der Waals surface area contributed by atoms with Crippen molar-refractivity contribution in [1.29, 1.82) is 5.26 Å². The second-order valence-electron chi connectivity index (χ2n) is 13.0. The highest BCUT2D eigenvalue weighted by Gasteiger charge is 2.32. The van der Waals surface area contributed by atoms with Gasteiger partial charge in [0.25, 0.3) is 0 Å². The first-order valence-electron chi connectivity index (χ1n) is 16.0. The Morgan fingerprint density at radius 1 is 1.06 bits per heavy atom. The van der Waals surface area contributed by atoms with E-state index in [0.29, 0.717) is 28.3 Å². The van der Waals surface area contributed by atoms with Crippen molar-refractivity contribution in [3.63, 3.8) is 0 Å². The molecule has 6 rings (SSSR count). The largest absolute Gasteiger partial charge is 0.393 e. The average Bonchev–Trinajstić information content (AvgIpc) is 3.58. The summed E-state index contributed by atoms with van der Waals surface area (Å²) in [4.78, 5) is 14.2. The van der Waals surface area contributed by atoms with Gasteiger partial charge in [0, 0.05) is 86.0 Å². The maximum absolute atomic E-state index is 12.9. The first-order chi connectivity index (χ1) is 22.4. The molecule has 14 heteroatoms. The van der Waals surface area contributed by atoms with E-state index in [0.717, 1.165) is 74.3 Å². The Bertz CT molecular complexity index is 1800. The highest BCUT2D eigenvalue weighted by Crippen LogP contribution is 2.33. The molecule has 5 heterocycles. The van der Waals surface area contributed by atoms with Crippen molar-refractivity contribution >= 4 is 49.3 Å². The molecule has 1 unspecified atom stereocenters. The Balaban J connectivity index is 1.08. The van der Waals surface area contributed by atoms with Gasteiger partial charge in [0.05, 0.1) is 22.8 Å². The van der Waals surface area contributed by atoms with Gasteiger partial charge in [-0.25, -0.2) is 18.5 Å². The van der Waals surface area contributed by atoms with Crippen LogP contribution in [0.4, 0.5) is 19.0 Å². The number of nitrogens with one attached hydrogen (secondary N) is 1. The number of aromatic nitrogens is 3. The highest BCUT2D eigenvalue weighted by atomic mass is 32.2. The lowest BCUT2D eigenvalue weighted by Crippen LogP contribution is -2.57. The molecular weight excluding hydrogens is 646 g/mol. The Morgan fingerprint density at radius 2 is 1.79 bits per heavy atom. The zero-order valence-electron chi connectivity index (χ0n) is 27.2. The minimum absolute atomic E-state index is 0.171. The summed E-state index contributed by atoms with van der Waals surface area (Å²) in [5.74, 6) is 0.598. The third kappa shape index (κ3) is 7.49. The van der Waals surface area contributed by atoms with Crippen molar-refractivity contribution in [1.82, 2.24) is 28.6 Å². The van der Waals surface area contributed by atoms with E-state index in [9.17, 15) is 22.6 Å². The van der Waals surface area contributed by atoms with Gasteiger partial charge < -0.3 is 9.88 Å². The lowest BCUT2D eigenvalue weighted by Gasteiger charge is -2.42. The van der Waals surface area contributed by atoms with Gasteiger partial charge in [-0.1, -0.05) is 6.07 Å². The number of thiophene rings is 1. The van der Waals surface area contributed by atoms with Crippen LogP contribution in [0, 0.1) is 18.3 Å². The molecule has 0 saturated carbocycles. The maximum atomic E-state index is 12.9. The minimum Gasteiger partial charge on any atom is -0.367 e. The van der Waals surface area contributed by atoms with E-state index >= 15 is 0 Å². The molecule has 0 radical (unpaired) electrons. The molecule has 0 amide bonds. The SMILES string of the molecule is Cc1c(CN2CCC(Nc3ncnc4sc(CC(F)(F)F)cc34)CC2)ccc2c1cc(C#N)n2CCN1C[C@H](C)N(S(C)=O)[C@@H](C)C1. The number of piperidine rings is 1. The number of alkyl halides is 3. The summed E-state index contributed by atoms with van der Waals surface area (Å²) >= 11 is 1.07. The van der Waals surface area contributed by atoms with Gasteiger partial charge in [-0.2, -0.15) is 18.4 Å². The van der Waals surface area contributed by atoms with Gasteiger partial charge in [0.1, 0.15) is 28.7 Å². The zero-order chi connectivity index (χ0) is 33.5.